The molecule has 0 aliphatic rings. The molecule has 2 aromatic rings. The van der Waals surface area contributed by atoms with Crippen LogP contribution < -0.4 is 10.6 Å². The lowest BCUT2D eigenvalue weighted by atomic mass is 10.1. The van der Waals surface area contributed by atoms with Gasteiger partial charge in [0.1, 0.15) is 5.60 Å². The molecule has 0 heterocycles. The van der Waals surface area contributed by atoms with E-state index < -0.39 is 17.7 Å². The molecule has 0 aliphatic heterocycles. The molecule has 2 rings (SSSR count). The number of nitrogens with one attached hydrogen (secondary N) is 2. The number of carbonyl (C=O) groups is 3. The van der Waals surface area contributed by atoms with Gasteiger partial charge in [0.05, 0.1) is 6.61 Å². The Kier molecular flexibility index (Phi) is 8.37. The molecular weight excluding hydrogens is 396 g/mol. The Morgan fingerprint density at radius 1 is 0.968 bits per heavy atom. The predicted molar refractivity (Wildman–Crippen MR) is 120 cm³/mol. The van der Waals surface area contributed by atoms with Crippen LogP contribution in [0.3, 0.4) is 0 Å². The van der Waals surface area contributed by atoms with E-state index in [-0.39, 0.29) is 5.91 Å². The summed E-state index contributed by atoms with van der Waals surface area (Å²) < 4.78 is 10.0. The Labute approximate surface area is 182 Å². The lowest BCUT2D eigenvalue weighted by Crippen LogP contribution is -2.32. The molecule has 0 aromatic heterocycles. The maximum atomic E-state index is 12.4. The summed E-state index contributed by atoms with van der Waals surface area (Å²) in [6, 6.07) is 14.0. The molecule has 7 nitrogen and oxygen atoms in total. The first-order chi connectivity index (χ1) is 14.7. The summed E-state index contributed by atoms with van der Waals surface area (Å²) in [5, 5.41) is 5.50. The first-order valence-corrected chi connectivity index (χ1v) is 9.98. The topological polar surface area (TPSA) is 93.7 Å². The third kappa shape index (κ3) is 8.74. The molecule has 0 atom stereocenters. The lowest BCUT2D eigenvalue weighted by molar-refractivity contribution is -0.137. The van der Waals surface area contributed by atoms with E-state index in [0.717, 1.165) is 11.1 Å². The lowest BCUT2D eigenvalue weighted by Gasteiger charge is -2.19. The van der Waals surface area contributed by atoms with Gasteiger partial charge in [-0.3, -0.25) is 4.79 Å². The van der Waals surface area contributed by atoms with Crippen molar-refractivity contribution < 1.29 is 23.9 Å². The Morgan fingerprint density at radius 3 is 2.19 bits per heavy atom. The van der Waals surface area contributed by atoms with Crippen molar-refractivity contribution in [3.8, 4) is 0 Å². The highest BCUT2D eigenvalue weighted by atomic mass is 16.6. The van der Waals surface area contributed by atoms with Crippen molar-refractivity contribution in [3.05, 3.63) is 71.3 Å². The van der Waals surface area contributed by atoms with E-state index in [0.29, 0.717) is 24.4 Å². The van der Waals surface area contributed by atoms with Crippen molar-refractivity contribution in [2.45, 2.75) is 39.8 Å². The molecule has 2 amide bonds. The second-order valence-electron chi connectivity index (χ2n) is 7.71. The molecular formula is C24H28N2O5. The summed E-state index contributed by atoms with van der Waals surface area (Å²) in [4.78, 5) is 35.5. The highest BCUT2D eigenvalue weighted by molar-refractivity contribution is 6.04. The molecule has 164 valence electrons. The van der Waals surface area contributed by atoms with Crippen LogP contribution in [0.25, 0.3) is 6.08 Å². The Hall–Kier alpha value is -3.61. The van der Waals surface area contributed by atoms with E-state index in [1.807, 2.05) is 0 Å². The number of esters is 1. The average Bonchev–Trinajstić information content (AvgIpc) is 2.71. The largest absolute Gasteiger partial charge is 0.463 e. The summed E-state index contributed by atoms with van der Waals surface area (Å²) >= 11 is 0. The normalized spacial score (nSPS) is 11.1. The average molecular weight is 424 g/mol. The summed E-state index contributed by atoms with van der Waals surface area (Å²) in [5.74, 6) is -0.647. The van der Waals surface area contributed by atoms with E-state index in [9.17, 15) is 14.4 Å². The molecule has 0 saturated heterocycles. The van der Waals surface area contributed by atoms with Crippen LogP contribution in [-0.2, 0) is 20.8 Å². The zero-order chi connectivity index (χ0) is 22.9. The fourth-order valence-corrected chi connectivity index (χ4v) is 2.50. The number of amides is 2. The number of anilines is 1. The number of ether oxygens (including phenoxy) is 2. The number of hydrogen-bond acceptors (Lipinski definition) is 5. The predicted octanol–water partition coefficient (Wildman–Crippen LogP) is 4.54. The maximum absolute atomic E-state index is 12.4. The highest BCUT2D eigenvalue weighted by Crippen LogP contribution is 2.13. The van der Waals surface area contributed by atoms with Gasteiger partial charge in [-0.05, 0) is 69.2 Å². The first kappa shape index (κ1) is 23.7. The third-order valence-electron chi connectivity index (χ3n) is 3.92. The smallest absolute Gasteiger partial charge is 0.407 e. The van der Waals surface area contributed by atoms with Crippen molar-refractivity contribution in [1.29, 1.82) is 0 Å². The van der Waals surface area contributed by atoms with Crippen LogP contribution >= 0.6 is 0 Å². The van der Waals surface area contributed by atoms with Gasteiger partial charge in [-0.15, -0.1) is 0 Å². The van der Waals surface area contributed by atoms with Gasteiger partial charge in [0.15, 0.2) is 0 Å². The maximum Gasteiger partial charge on any atom is 0.407 e. The van der Waals surface area contributed by atoms with Crippen molar-refractivity contribution in [2.75, 3.05) is 11.9 Å². The Balaban J connectivity index is 1.88. The molecule has 7 heteroatoms. The van der Waals surface area contributed by atoms with Crippen LogP contribution in [0, 0.1) is 0 Å². The molecule has 2 aromatic carbocycles. The number of benzene rings is 2. The van der Waals surface area contributed by atoms with E-state index in [2.05, 4.69) is 10.6 Å². The summed E-state index contributed by atoms with van der Waals surface area (Å²) in [5.41, 5.74) is 2.23. The molecule has 0 bridgehead atoms. The van der Waals surface area contributed by atoms with Crippen molar-refractivity contribution in [3.63, 3.8) is 0 Å². The Morgan fingerprint density at radius 2 is 1.61 bits per heavy atom. The number of rotatable bonds is 7. The van der Waals surface area contributed by atoms with Gasteiger partial charge in [-0.25, -0.2) is 9.59 Å². The monoisotopic (exact) mass is 424 g/mol. The van der Waals surface area contributed by atoms with Gasteiger partial charge in [-0.2, -0.15) is 0 Å². The van der Waals surface area contributed by atoms with Gasteiger partial charge in [0, 0.05) is 23.9 Å². The van der Waals surface area contributed by atoms with Crippen LogP contribution in [0.15, 0.2) is 54.6 Å². The van der Waals surface area contributed by atoms with Crippen molar-refractivity contribution >= 4 is 29.7 Å². The summed E-state index contributed by atoms with van der Waals surface area (Å²) in [6.07, 6.45) is 2.51. The minimum Gasteiger partial charge on any atom is -0.463 e. The number of alkyl carbamates (subject to hydrolysis) is 1. The second-order valence-corrected chi connectivity index (χ2v) is 7.71. The van der Waals surface area contributed by atoms with Crippen LogP contribution in [0.4, 0.5) is 10.5 Å². The van der Waals surface area contributed by atoms with Gasteiger partial charge >= 0.3 is 12.1 Å². The summed E-state index contributed by atoms with van der Waals surface area (Å²) in [7, 11) is 0. The first-order valence-electron chi connectivity index (χ1n) is 9.98. The van der Waals surface area contributed by atoms with Gasteiger partial charge in [0.2, 0.25) is 0 Å². The molecule has 0 spiro atoms. The van der Waals surface area contributed by atoms with Crippen molar-refractivity contribution in [2.24, 2.45) is 0 Å². The van der Waals surface area contributed by atoms with E-state index in [4.69, 9.17) is 9.47 Å². The molecule has 0 fully saturated rings. The molecule has 2 N–H and O–H groups in total. The number of carbonyl (C=O) groups excluding carboxylic acids is 3. The molecule has 0 unspecified atom stereocenters. The third-order valence-corrected chi connectivity index (χ3v) is 3.92. The second kappa shape index (κ2) is 11.0. The van der Waals surface area contributed by atoms with E-state index >= 15 is 0 Å². The fourth-order valence-electron chi connectivity index (χ4n) is 2.50. The molecule has 31 heavy (non-hydrogen) atoms. The Bertz CT molecular complexity index is 926. The van der Waals surface area contributed by atoms with Crippen LogP contribution in [-0.4, -0.2) is 30.2 Å². The zero-order valence-corrected chi connectivity index (χ0v) is 18.2. The van der Waals surface area contributed by atoms with Crippen LogP contribution in [0.1, 0.15) is 49.2 Å². The molecule has 0 saturated carbocycles. The molecule has 0 radical (unpaired) electrons. The van der Waals surface area contributed by atoms with Crippen LogP contribution in [0.5, 0.6) is 0 Å². The minimum absolute atomic E-state index is 0.249. The fraction of sp³-hybridized carbons (Fsp3) is 0.292. The zero-order valence-electron chi connectivity index (χ0n) is 18.2. The van der Waals surface area contributed by atoms with E-state index in [1.165, 1.54) is 6.08 Å². The van der Waals surface area contributed by atoms with Gasteiger partial charge in [0.25, 0.3) is 5.91 Å². The van der Waals surface area contributed by atoms with Gasteiger partial charge < -0.3 is 20.1 Å². The highest BCUT2D eigenvalue weighted by Gasteiger charge is 2.15. The van der Waals surface area contributed by atoms with Gasteiger partial charge in [-0.1, -0.05) is 24.3 Å². The molecule has 0 aliphatic carbocycles. The van der Waals surface area contributed by atoms with Crippen molar-refractivity contribution in [1.82, 2.24) is 5.32 Å². The number of hydrogen-bond donors (Lipinski definition) is 2. The standard InChI is InChI=1S/C24H28N2O5/c1-5-30-21(27)15-10-17-8-13-20(14-9-17)26-22(28)19-11-6-18(7-12-19)16-25-23(29)31-24(2,3)4/h6-15H,5,16H2,1-4H3,(H,25,29)(H,26,28)/b15-10+. The van der Waals surface area contributed by atoms with E-state index in [1.54, 1.807) is 82.3 Å². The summed E-state index contributed by atoms with van der Waals surface area (Å²) in [6.45, 7) is 7.78. The quantitative estimate of drug-likeness (QED) is 0.503. The SMILES string of the molecule is CCOC(=O)/C=C/c1ccc(NC(=O)c2ccc(CNC(=O)OC(C)(C)C)cc2)cc1. The minimum atomic E-state index is -0.554. The van der Waals surface area contributed by atoms with Crippen LogP contribution in [0.2, 0.25) is 0 Å².